The fourth-order valence-electron chi connectivity index (χ4n) is 10.9. The molecule has 0 radical (unpaired) electrons. The van der Waals surface area contributed by atoms with Gasteiger partial charge in [-0.1, -0.05) is 349 Å². The van der Waals surface area contributed by atoms with Crippen LogP contribution in [-0.2, 0) is 33.3 Å². The number of ether oxygens (including phenoxy) is 4. The van der Waals surface area contributed by atoms with E-state index >= 15 is 0 Å². The Bertz CT molecular complexity index is 1740. The van der Waals surface area contributed by atoms with E-state index in [2.05, 4.69) is 98.9 Å². The molecule has 0 amide bonds. The molecular weight excluding hydrogens is 1100 g/mol. The molecule has 0 saturated heterocycles. The van der Waals surface area contributed by atoms with Crippen LogP contribution in [0, 0.1) is 0 Å². The summed E-state index contributed by atoms with van der Waals surface area (Å²) >= 11 is 0. The van der Waals surface area contributed by atoms with E-state index in [1.807, 2.05) is 21.1 Å². The monoisotopic (exact) mass is 1250 g/mol. The highest BCUT2D eigenvalue weighted by molar-refractivity contribution is 5.71. The molecule has 9 nitrogen and oxygen atoms in total. The number of unbranched alkanes of at least 4 members (excludes halogenated alkanes) is 41. The Kier molecular flexibility index (Phi) is 67.6. The number of carbonyl (C=O) groups excluding carboxylic acids is 2. The minimum Gasteiger partial charge on any atom is -0.477 e. The third kappa shape index (κ3) is 71.8. The molecule has 0 rings (SSSR count). The minimum atomic E-state index is -1.52. The fraction of sp³-hybridized carbons (Fsp3) is 0.787. The topological polar surface area (TPSA) is 108 Å². The highest BCUT2D eigenvalue weighted by Gasteiger charge is 2.25. The molecule has 89 heavy (non-hydrogen) atoms. The van der Waals surface area contributed by atoms with Crippen molar-refractivity contribution in [3.63, 3.8) is 0 Å². The largest absolute Gasteiger partial charge is 0.477 e. The molecule has 0 aliphatic carbocycles. The van der Waals surface area contributed by atoms with E-state index in [1.54, 1.807) is 0 Å². The zero-order valence-electron chi connectivity index (χ0n) is 59.1. The van der Waals surface area contributed by atoms with Crippen molar-refractivity contribution in [1.82, 2.24) is 0 Å². The average molecular weight is 1250 g/mol. The second-order valence-corrected chi connectivity index (χ2v) is 26.6. The van der Waals surface area contributed by atoms with E-state index in [1.165, 1.54) is 225 Å². The molecule has 0 spiro atoms. The predicted octanol–water partition coefficient (Wildman–Crippen LogP) is 23.8. The number of carboxylic acid groups (broad SMARTS) is 1. The Labute approximate surface area is 550 Å². The Morgan fingerprint density at radius 2 is 0.640 bits per heavy atom. The summed E-state index contributed by atoms with van der Waals surface area (Å²) in [5.41, 5.74) is 0. The van der Waals surface area contributed by atoms with Crippen LogP contribution in [0.1, 0.15) is 348 Å². The molecular formula is C80H144NO8+. The molecule has 1 N–H and O–H groups in total. The zero-order valence-corrected chi connectivity index (χ0v) is 59.1. The molecule has 0 saturated carbocycles. The fourth-order valence-corrected chi connectivity index (χ4v) is 10.9. The lowest BCUT2D eigenvalue weighted by Crippen LogP contribution is -2.40. The van der Waals surface area contributed by atoms with Crippen LogP contribution in [0.5, 0.6) is 0 Å². The van der Waals surface area contributed by atoms with Gasteiger partial charge in [-0.2, -0.15) is 0 Å². The van der Waals surface area contributed by atoms with Crippen molar-refractivity contribution in [3.05, 3.63) is 85.1 Å². The van der Waals surface area contributed by atoms with E-state index in [4.69, 9.17) is 18.9 Å². The van der Waals surface area contributed by atoms with Gasteiger partial charge in [0.1, 0.15) is 13.2 Å². The van der Waals surface area contributed by atoms with Crippen LogP contribution < -0.4 is 0 Å². The van der Waals surface area contributed by atoms with Gasteiger partial charge in [0.2, 0.25) is 0 Å². The molecule has 0 aromatic rings. The number of carboxylic acids is 1. The van der Waals surface area contributed by atoms with Gasteiger partial charge in [-0.05, 0) is 70.6 Å². The number of carbonyl (C=O) groups is 3. The zero-order chi connectivity index (χ0) is 64.7. The highest BCUT2D eigenvalue weighted by atomic mass is 16.7. The van der Waals surface area contributed by atoms with E-state index < -0.39 is 24.3 Å². The second-order valence-electron chi connectivity index (χ2n) is 26.6. The van der Waals surface area contributed by atoms with Crippen LogP contribution in [0.4, 0.5) is 0 Å². The normalized spacial score (nSPS) is 13.1. The summed E-state index contributed by atoms with van der Waals surface area (Å²) in [6.07, 6.45) is 93.0. The first-order valence-corrected chi connectivity index (χ1v) is 37.8. The lowest BCUT2D eigenvalue weighted by atomic mass is 10.0. The summed E-state index contributed by atoms with van der Waals surface area (Å²) in [5, 5.41) is 9.76. The molecule has 0 aliphatic heterocycles. The summed E-state index contributed by atoms with van der Waals surface area (Å²) in [7, 11) is 5.98. The van der Waals surface area contributed by atoms with Crippen molar-refractivity contribution < 1.29 is 42.9 Å². The highest BCUT2D eigenvalue weighted by Crippen LogP contribution is 2.19. The maximum atomic E-state index is 13.0. The van der Waals surface area contributed by atoms with Crippen molar-refractivity contribution in [1.29, 1.82) is 0 Å². The van der Waals surface area contributed by atoms with Crippen LogP contribution in [0.2, 0.25) is 0 Å². The van der Waals surface area contributed by atoms with Gasteiger partial charge >= 0.3 is 17.9 Å². The summed E-state index contributed by atoms with van der Waals surface area (Å²) in [6.45, 7) is 4.79. The Balaban J connectivity index is 4.06. The number of hydrogen-bond acceptors (Lipinski definition) is 7. The van der Waals surface area contributed by atoms with E-state index in [9.17, 15) is 19.5 Å². The SMILES string of the molecule is CC/C=C\C/C=C\C/C=C\C/C=C\C/C=C\C/C=C\C/C=C\CCCCCCCCCC(=O)OC(COC(=O)CCCCCCCCCCCCCCCCCCCCCCCCCCCCCCCCCCCCC)COC(OCC[N+](C)(C)C)C(=O)O. The molecule has 0 aromatic carbocycles. The first kappa shape index (κ1) is 85.5. The van der Waals surface area contributed by atoms with Crippen LogP contribution >= 0.6 is 0 Å². The molecule has 2 atom stereocenters. The number of allylic oxidation sites excluding steroid dienone is 14. The van der Waals surface area contributed by atoms with Gasteiger partial charge < -0.3 is 28.5 Å². The number of likely N-dealkylation sites (N-methyl/N-ethyl adjacent to an activating group) is 1. The Morgan fingerprint density at radius 3 is 0.955 bits per heavy atom. The van der Waals surface area contributed by atoms with Crippen molar-refractivity contribution in [2.75, 3.05) is 47.5 Å². The molecule has 2 unspecified atom stereocenters. The van der Waals surface area contributed by atoms with Crippen molar-refractivity contribution in [2.24, 2.45) is 0 Å². The molecule has 9 heteroatoms. The molecule has 0 bridgehead atoms. The van der Waals surface area contributed by atoms with Crippen LogP contribution in [0.25, 0.3) is 0 Å². The maximum Gasteiger partial charge on any atom is 0.361 e. The quantitative estimate of drug-likeness (QED) is 0.0211. The second kappa shape index (κ2) is 70.3. The lowest BCUT2D eigenvalue weighted by molar-refractivity contribution is -0.870. The third-order valence-electron chi connectivity index (χ3n) is 16.7. The Hall–Kier alpha value is -3.53. The number of rotatable bonds is 70. The van der Waals surface area contributed by atoms with Crippen LogP contribution in [-0.4, -0.2) is 87.4 Å². The van der Waals surface area contributed by atoms with Gasteiger partial charge in [0.05, 0.1) is 34.4 Å². The summed E-state index contributed by atoms with van der Waals surface area (Å²) < 4.78 is 23.0. The van der Waals surface area contributed by atoms with E-state index in [0.717, 1.165) is 89.9 Å². The smallest absolute Gasteiger partial charge is 0.361 e. The number of aliphatic carboxylic acids is 1. The molecule has 0 heterocycles. The van der Waals surface area contributed by atoms with Gasteiger partial charge in [0, 0.05) is 12.8 Å². The van der Waals surface area contributed by atoms with Crippen molar-refractivity contribution in [2.45, 2.75) is 360 Å². The Morgan fingerprint density at radius 1 is 0.348 bits per heavy atom. The number of hydrogen-bond donors (Lipinski definition) is 1. The predicted molar refractivity (Wildman–Crippen MR) is 382 cm³/mol. The van der Waals surface area contributed by atoms with Gasteiger partial charge in [0.15, 0.2) is 6.10 Å². The van der Waals surface area contributed by atoms with Crippen molar-refractivity contribution in [3.8, 4) is 0 Å². The van der Waals surface area contributed by atoms with E-state index in [0.29, 0.717) is 23.9 Å². The van der Waals surface area contributed by atoms with Gasteiger partial charge in [-0.15, -0.1) is 0 Å². The average Bonchev–Trinajstić information content (AvgIpc) is 3.71. The van der Waals surface area contributed by atoms with Gasteiger partial charge in [-0.3, -0.25) is 9.59 Å². The maximum absolute atomic E-state index is 13.0. The molecule has 0 fully saturated rings. The number of quaternary nitrogens is 1. The van der Waals surface area contributed by atoms with Gasteiger partial charge in [-0.25, -0.2) is 4.79 Å². The third-order valence-corrected chi connectivity index (χ3v) is 16.7. The lowest BCUT2D eigenvalue weighted by Gasteiger charge is -2.25. The van der Waals surface area contributed by atoms with Crippen LogP contribution in [0.3, 0.4) is 0 Å². The van der Waals surface area contributed by atoms with Crippen LogP contribution in [0.15, 0.2) is 85.1 Å². The van der Waals surface area contributed by atoms with E-state index in [-0.39, 0.29) is 32.2 Å². The standard InChI is InChI=1S/C80H143NO8/c1-6-8-10-12-14-16-18-20-22-24-26-28-30-32-34-36-37-38-39-40-41-43-44-46-48-50-52-54-56-58-60-62-64-66-68-70-77(82)87-74-76(75-88-80(79(84)85)86-73-72-81(3,4)5)89-78(83)71-69-67-65-63-61-59-57-55-53-51-49-47-45-42-35-33-31-29-27-25-23-21-19-17-15-13-11-9-7-2/h9,11,15,17,21,23,27,29,33,35,45,47,51,53,76,80H,6-8,10,12-14,16,18-20,22,24-26,28,30-32,34,36-44,46,48-50,52,54-75H2,1-5H3/p+1/b11-9-,17-15-,23-21-,29-27-,35-33-,47-45-,53-51-. The number of nitrogens with zero attached hydrogens (tertiary/aromatic N) is 1. The van der Waals surface area contributed by atoms with Crippen molar-refractivity contribution >= 4 is 17.9 Å². The first-order chi connectivity index (χ1) is 43.6. The molecule has 0 aromatic heterocycles. The summed E-state index contributed by atoms with van der Waals surface area (Å²) in [4.78, 5) is 37.7. The molecule has 0 aliphatic rings. The van der Waals surface area contributed by atoms with Gasteiger partial charge in [0.25, 0.3) is 6.29 Å². The minimum absolute atomic E-state index is 0.183. The first-order valence-electron chi connectivity index (χ1n) is 37.8. The number of esters is 2. The summed E-state index contributed by atoms with van der Waals surface area (Å²) in [6, 6.07) is 0. The molecule has 516 valence electrons. The summed E-state index contributed by atoms with van der Waals surface area (Å²) in [5.74, 6) is -2.01.